The first-order valence-corrected chi connectivity index (χ1v) is 11.4. The monoisotopic (exact) mass is 446 g/mol. The first kappa shape index (κ1) is 23.1. The molecule has 2 fully saturated rings. The third kappa shape index (κ3) is 2.93. The van der Waals surface area contributed by atoms with E-state index in [0.717, 1.165) is 12.8 Å². The van der Waals surface area contributed by atoms with Crippen molar-refractivity contribution in [2.24, 2.45) is 22.7 Å². The Balaban J connectivity index is 1.84. The van der Waals surface area contributed by atoms with Crippen molar-refractivity contribution < 1.29 is 34.4 Å². The van der Waals surface area contributed by atoms with Crippen LogP contribution in [0.1, 0.15) is 75.4 Å². The summed E-state index contributed by atoms with van der Waals surface area (Å²) in [6, 6.07) is 1.44. The molecule has 0 bridgehead atoms. The fourth-order valence-corrected chi connectivity index (χ4v) is 7.36. The lowest BCUT2D eigenvalue weighted by Gasteiger charge is -2.65. The summed E-state index contributed by atoms with van der Waals surface area (Å²) in [5, 5.41) is 31.6. The Kier molecular flexibility index (Phi) is 5.37. The molecule has 0 amide bonds. The summed E-state index contributed by atoms with van der Waals surface area (Å²) in [6.07, 6.45) is 1.74. The largest absolute Gasteiger partial charge is 0.508 e. The number of esters is 1. The molecule has 1 heterocycles. The second-order valence-corrected chi connectivity index (χ2v) is 10.8. The van der Waals surface area contributed by atoms with Crippen LogP contribution in [-0.4, -0.2) is 45.4 Å². The number of fused-ring (bicyclic) bond motifs is 3. The zero-order valence-electron chi connectivity index (χ0n) is 19.5. The third-order valence-electron chi connectivity index (χ3n) is 8.82. The van der Waals surface area contributed by atoms with Crippen LogP contribution in [0.2, 0.25) is 0 Å². The van der Waals surface area contributed by atoms with Gasteiger partial charge in [-0.15, -0.1) is 0 Å². The summed E-state index contributed by atoms with van der Waals surface area (Å²) in [5.74, 6) is 0.115. The van der Waals surface area contributed by atoms with E-state index in [1.807, 2.05) is 13.8 Å². The molecular weight excluding hydrogens is 412 g/mol. The van der Waals surface area contributed by atoms with Gasteiger partial charge in [-0.05, 0) is 42.7 Å². The second kappa shape index (κ2) is 7.45. The molecule has 1 aromatic rings. The molecule has 1 aromatic carbocycles. The smallest absolute Gasteiger partial charge is 0.303 e. The Bertz CT molecular complexity index is 954. The minimum absolute atomic E-state index is 0.0119. The maximum absolute atomic E-state index is 11.9. The van der Waals surface area contributed by atoms with E-state index in [1.54, 1.807) is 0 Å². The molecule has 0 saturated heterocycles. The van der Waals surface area contributed by atoms with E-state index in [0.29, 0.717) is 36.0 Å². The summed E-state index contributed by atoms with van der Waals surface area (Å²) < 4.78 is 12.3. The Morgan fingerprint density at radius 1 is 1.31 bits per heavy atom. The first-order valence-electron chi connectivity index (χ1n) is 11.4. The molecule has 7 heteroatoms. The molecule has 2 aliphatic carbocycles. The van der Waals surface area contributed by atoms with Gasteiger partial charge in [-0.1, -0.05) is 27.7 Å². The topological polar surface area (TPSA) is 113 Å². The molecule has 6 atom stereocenters. The van der Waals surface area contributed by atoms with Crippen molar-refractivity contribution in [1.29, 1.82) is 0 Å². The van der Waals surface area contributed by atoms with E-state index >= 15 is 0 Å². The van der Waals surface area contributed by atoms with Gasteiger partial charge < -0.3 is 24.8 Å². The molecule has 3 N–H and O–H groups in total. The number of aliphatic hydroxyl groups is 2. The van der Waals surface area contributed by atoms with E-state index in [2.05, 4.69) is 13.8 Å². The van der Waals surface area contributed by atoms with Gasteiger partial charge in [-0.3, -0.25) is 9.59 Å². The van der Waals surface area contributed by atoms with Gasteiger partial charge in [0.05, 0.1) is 18.3 Å². The van der Waals surface area contributed by atoms with Crippen LogP contribution in [-0.2, 0) is 22.6 Å². The zero-order valence-corrected chi connectivity index (χ0v) is 19.5. The number of rotatable bonds is 3. The molecule has 176 valence electrons. The molecule has 0 radical (unpaired) electrons. The highest BCUT2D eigenvalue weighted by atomic mass is 16.6. The lowest BCUT2D eigenvalue weighted by Crippen LogP contribution is -2.69. The van der Waals surface area contributed by atoms with Crippen LogP contribution in [0.3, 0.4) is 0 Å². The van der Waals surface area contributed by atoms with E-state index in [9.17, 15) is 24.9 Å². The molecular formula is C25H34O7. The SMILES string of the molecule is CC(=O)O[C@@H]1[C@H](O)C[C@]2(C)[C@H](CC[C@@H](C)[C@]23Cc2c(O)cc(CO)c(C=O)c2O3)C1(C)C. The summed E-state index contributed by atoms with van der Waals surface area (Å²) >= 11 is 0. The average Bonchev–Trinajstić information content (AvgIpc) is 3.12. The van der Waals surface area contributed by atoms with Gasteiger partial charge >= 0.3 is 5.97 Å². The lowest BCUT2D eigenvalue weighted by molar-refractivity contribution is -0.246. The number of aromatic hydroxyl groups is 1. The summed E-state index contributed by atoms with van der Waals surface area (Å²) in [4.78, 5) is 23.7. The van der Waals surface area contributed by atoms with Crippen molar-refractivity contribution in [3.8, 4) is 11.5 Å². The maximum atomic E-state index is 11.9. The van der Waals surface area contributed by atoms with E-state index in [1.165, 1.54) is 13.0 Å². The van der Waals surface area contributed by atoms with Crippen LogP contribution in [0.4, 0.5) is 0 Å². The van der Waals surface area contributed by atoms with Crippen molar-refractivity contribution in [2.75, 3.05) is 0 Å². The number of hydrogen-bond donors (Lipinski definition) is 3. The number of carbonyl (C=O) groups excluding carboxylic acids is 2. The standard InChI is InChI=1S/C25H34O7/c1-13-6-7-20-23(3,4)22(31-14(2)28)19(30)10-24(20,5)25(13)9-16-18(29)8-15(11-26)17(12-27)21(16)32-25/h8,12-13,19-20,22,26,29-30H,6-7,9-11H2,1-5H3/t13-,19-,20-,22-,24-,25-/m1/s1. The third-order valence-corrected chi connectivity index (χ3v) is 8.82. The van der Waals surface area contributed by atoms with Gasteiger partial charge in [0.15, 0.2) is 6.29 Å². The van der Waals surface area contributed by atoms with Crippen molar-refractivity contribution in [1.82, 2.24) is 0 Å². The summed E-state index contributed by atoms with van der Waals surface area (Å²) in [7, 11) is 0. The predicted octanol–water partition coefficient (Wildman–Crippen LogP) is 3.15. The van der Waals surface area contributed by atoms with Crippen LogP contribution in [0.25, 0.3) is 0 Å². The number of carbonyl (C=O) groups is 2. The van der Waals surface area contributed by atoms with Crippen molar-refractivity contribution >= 4 is 12.3 Å². The highest BCUT2D eigenvalue weighted by Crippen LogP contribution is 2.67. The highest BCUT2D eigenvalue weighted by molar-refractivity contribution is 5.84. The molecule has 3 aliphatic rings. The first-order chi connectivity index (χ1) is 14.9. The minimum atomic E-state index is -0.864. The zero-order chi connectivity index (χ0) is 23.6. The fourth-order valence-electron chi connectivity index (χ4n) is 7.36. The highest BCUT2D eigenvalue weighted by Gasteiger charge is 2.69. The Labute approximate surface area is 188 Å². The number of aliphatic hydroxyl groups excluding tert-OH is 2. The number of phenolic OH excluding ortho intramolecular Hbond substituents is 1. The van der Waals surface area contributed by atoms with Crippen LogP contribution in [0, 0.1) is 22.7 Å². The average molecular weight is 447 g/mol. The molecule has 0 unspecified atom stereocenters. The molecule has 7 nitrogen and oxygen atoms in total. The van der Waals surface area contributed by atoms with Gasteiger partial charge in [0.25, 0.3) is 0 Å². The fraction of sp³-hybridized carbons (Fsp3) is 0.680. The molecule has 1 aliphatic heterocycles. The molecule has 1 spiro atoms. The van der Waals surface area contributed by atoms with Crippen LogP contribution in [0.5, 0.6) is 11.5 Å². The van der Waals surface area contributed by atoms with Crippen molar-refractivity contribution in [3.05, 3.63) is 22.8 Å². The van der Waals surface area contributed by atoms with E-state index in [4.69, 9.17) is 9.47 Å². The minimum Gasteiger partial charge on any atom is -0.508 e. The van der Waals surface area contributed by atoms with Gasteiger partial charge in [-0.2, -0.15) is 0 Å². The molecule has 0 aromatic heterocycles. The van der Waals surface area contributed by atoms with Crippen LogP contribution < -0.4 is 4.74 Å². The lowest BCUT2D eigenvalue weighted by atomic mass is 9.43. The maximum Gasteiger partial charge on any atom is 0.303 e. The summed E-state index contributed by atoms with van der Waals surface area (Å²) in [6.45, 7) is 9.30. The van der Waals surface area contributed by atoms with E-state index in [-0.39, 0.29) is 29.8 Å². The molecule has 32 heavy (non-hydrogen) atoms. The normalized spacial score (nSPS) is 37.3. The van der Waals surface area contributed by atoms with Gasteiger partial charge in [-0.25, -0.2) is 0 Å². The van der Waals surface area contributed by atoms with E-state index < -0.39 is 34.6 Å². The number of aldehydes is 1. The molecule has 4 rings (SSSR count). The van der Waals surface area contributed by atoms with Crippen molar-refractivity contribution in [2.45, 2.75) is 84.7 Å². The predicted molar refractivity (Wildman–Crippen MR) is 116 cm³/mol. The number of hydrogen-bond acceptors (Lipinski definition) is 7. The number of phenols is 1. The van der Waals surface area contributed by atoms with Crippen LogP contribution >= 0.6 is 0 Å². The van der Waals surface area contributed by atoms with Gasteiger partial charge in [0.2, 0.25) is 0 Å². The van der Waals surface area contributed by atoms with Crippen LogP contribution in [0.15, 0.2) is 6.07 Å². The Morgan fingerprint density at radius 3 is 2.59 bits per heavy atom. The van der Waals surface area contributed by atoms with Gasteiger partial charge in [0.1, 0.15) is 23.2 Å². The summed E-state index contributed by atoms with van der Waals surface area (Å²) in [5.41, 5.74) is -0.584. The van der Waals surface area contributed by atoms with Crippen molar-refractivity contribution in [3.63, 3.8) is 0 Å². The Hall–Kier alpha value is -2.12. The second-order valence-electron chi connectivity index (χ2n) is 10.8. The Morgan fingerprint density at radius 2 is 2.00 bits per heavy atom. The quantitative estimate of drug-likeness (QED) is 0.483. The number of benzene rings is 1. The molecule has 2 saturated carbocycles. The van der Waals surface area contributed by atoms with Gasteiger partial charge in [0, 0.05) is 29.7 Å². The number of ether oxygens (including phenoxy) is 2.